The topological polar surface area (TPSA) is 51.5 Å². The molecule has 1 heterocycles. The van der Waals surface area contributed by atoms with E-state index in [0.717, 1.165) is 6.07 Å². The highest BCUT2D eigenvalue weighted by Crippen LogP contribution is 2.20. The van der Waals surface area contributed by atoms with Gasteiger partial charge in [0.1, 0.15) is 23.9 Å². The summed E-state index contributed by atoms with van der Waals surface area (Å²) in [4.78, 5) is 12.1. The van der Waals surface area contributed by atoms with Crippen molar-refractivity contribution in [2.45, 2.75) is 6.61 Å². The molecule has 2 aromatic carbocycles. The number of hydrogen-bond donors (Lipinski definition) is 1. The molecule has 24 heavy (non-hydrogen) atoms. The fourth-order valence-electron chi connectivity index (χ4n) is 2.02. The summed E-state index contributed by atoms with van der Waals surface area (Å²) in [6, 6.07) is 16.4. The smallest absolute Gasteiger partial charge is 0.291 e. The first-order chi connectivity index (χ1) is 11.6. The van der Waals surface area contributed by atoms with Crippen LogP contribution in [0.4, 0.5) is 10.1 Å². The molecule has 122 valence electrons. The van der Waals surface area contributed by atoms with Crippen LogP contribution >= 0.6 is 11.6 Å². The minimum atomic E-state index is -0.616. The van der Waals surface area contributed by atoms with E-state index >= 15 is 0 Å². The van der Waals surface area contributed by atoms with Gasteiger partial charge >= 0.3 is 0 Å². The summed E-state index contributed by atoms with van der Waals surface area (Å²) in [5.74, 6) is 0.0805. The lowest BCUT2D eigenvalue weighted by Crippen LogP contribution is -2.12. The molecular formula is C18H13ClFNO3. The standard InChI is InChI=1S/C18H13ClFNO3/c19-12-6-8-16(15(20)10-12)21-18(22)17-9-7-14(24-17)11-23-13-4-2-1-3-5-13/h1-10H,11H2,(H,21,22). The van der Waals surface area contributed by atoms with Gasteiger partial charge in [0.15, 0.2) is 5.76 Å². The van der Waals surface area contributed by atoms with E-state index in [4.69, 9.17) is 20.8 Å². The average molecular weight is 346 g/mol. The van der Waals surface area contributed by atoms with Crippen LogP contribution in [0.1, 0.15) is 16.3 Å². The van der Waals surface area contributed by atoms with Crippen LogP contribution in [0.2, 0.25) is 5.02 Å². The van der Waals surface area contributed by atoms with Gasteiger partial charge in [-0.1, -0.05) is 29.8 Å². The van der Waals surface area contributed by atoms with E-state index < -0.39 is 11.7 Å². The maximum atomic E-state index is 13.7. The second-order valence-corrected chi connectivity index (χ2v) is 5.38. The lowest BCUT2D eigenvalue weighted by molar-refractivity contribution is 0.0992. The number of halogens is 2. The predicted octanol–water partition coefficient (Wildman–Crippen LogP) is 4.90. The van der Waals surface area contributed by atoms with Crippen molar-refractivity contribution in [3.05, 3.63) is 83.0 Å². The van der Waals surface area contributed by atoms with Gasteiger partial charge in [0, 0.05) is 5.02 Å². The van der Waals surface area contributed by atoms with Gasteiger partial charge in [-0.05, 0) is 42.5 Å². The molecule has 0 aliphatic carbocycles. The largest absolute Gasteiger partial charge is 0.486 e. The van der Waals surface area contributed by atoms with Crippen LogP contribution < -0.4 is 10.1 Å². The van der Waals surface area contributed by atoms with E-state index in [1.54, 1.807) is 6.07 Å². The Bertz CT molecular complexity index is 848. The number of hydrogen-bond acceptors (Lipinski definition) is 3. The molecule has 1 aromatic heterocycles. The van der Waals surface area contributed by atoms with Crippen LogP contribution in [0.5, 0.6) is 5.75 Å². The van der Waals surface area contributed by atoms with Crippen molar-refractivity contribution in [1.29, 1.82) is 0 Å². The van der Waals surface area contributed by atoms with Gasteiger partial charge in [-0.3, -0.25) is 4.79 Å². The van der Waals surface area contributed by atoms with Gasteiger partial charge in [-0.25, -0.2) is 4.39 Å². The summed E-state index contributed by atoms with van der Waals surface area (Å²) < 4.78 is 24.6. The Kier molecular flexibility index (Phi) is 4.82. The van der Waals surface area contributed by atoms with Crippen molar-refractivity contribution in [2.75, 3.05) is 5.32 Å². The maximum Gasteiger partial charge on any atom is 0.291 e. The summed E-state index contributed by atoms with van der Waals surface area (Å²) in [5, 5.41) is 2.69. The zero-order valence-corrected chi connectivity index (χ0v) is 13.2. The van der Waals surface area contributed by atoms with E-state index in [1.807, 2.05) is 30.3 Å². The van der Waals surface area contributed by atoms with E-state index in [9.17, 15) is 9.18 Å². The number of rotatable bonds is 5. The van der Waals surface area contributed by atoms with Gasteiger partial charge in [0.25, 0.3) is 5.91 Å². The number of amides is 1. The highest BCUT2D eigenvalue weighted by atomic mass is 35.5. The highest BCUT2D eigenvalue weighted by Gasteiger charge is 2.14. The summed E-state index contributed by atoms with van der Waals surface area (Å²) in [5.41, 5.74) is 0.0304. The van der Waals surface area contributed by atoms with Gasteiger partial charge < -0.3 is 14.5 Å². The van der Waals surface area contributed by atoms with Crippen molar-refractivity contribution < 1.29 is 18.3 Å². The minimum Gasteiger partial charge on any atom is -0.486 e. The molecule has 0 aliphatic heterocycles. The Balaban J connectivity index is 1.63. The quantitative estimate of drug-likeness (QED) is 0.715. The molecule has 3 rings (SSSR count). The Morgan fingerprint density at radius 1 is 1.12 bits per heavy atom. The fraction of sp³-hybridized carbons (Fsp3) is 0.0556. The first-order valence-corrected chi connectivity index (χ1v) is 7.52. The SMILES string of the molecule is O=C(Nc1ccc(Cl)cc1F)c1ccc(COc2ccccc2)o1. The third-order valence-corrected chi connectivity index (χ3v) is 3.42. The molecular weight excluding hydrogens is 333 g/mol. The molecule has 4 nitrogen and oxygen atoms in total. The Morgan fingerprint density at radius 2 is 1.92 bits per heavy atom. The van der Waals surface area contributed by atoms with E-state index in [1.165, 1.54) is 18.2 Å². The number of furan rings is 1. The van der Waals surface area contributed by atoms with Crippen LogP contribution in [0, 0.1) is 5.82 Å². The summed E-state index contributed by atoms with van der Waals surface area (Å²) in [7, 11) is 0. The molecule has 0 bridgehead atoms. The van der Waals surface area contributed by atoms with Crippen LogP contribution in [0.3, 0.4) is 0 Å². The van der Waals surface area contributed by atoms with Gasteiger partial charge in [0.05, 0.1) is 5.69 Å². The zero-order valence-electron chi connectivity index (χ0n) is 12.5. The summed E-state index contributed by atoms with van der Waals surface area (Å²) >= 11 is 5.67. The third kappa shape index (κ3) is 3.94. The molecule has 0 aliphatic rings. The third-order valence-electron chi connectivity index (χ3n) is 3.19. The zero-order chi connectivity index (χ0) is 16.9. The lowest BCUT2D eigenvalue weighted by Gasteiger charge is -2.05. The van der Waals surface area contributed by atoms with E-state index in [0.29, 0.717) is 11.5 Å². The molecule has 6 heteroatoms. The maximum absolute atomic E-state index is 13.7. The van der Waals surface area contributed by atoms with Gasteiger partial charge in [0.2, 0.25) is 0 Å². The fourth-order valence-corrected chi connectivity index (χ4v) is 2.18. The van der Waals surface area contributed by atoms with Crippen LogP contribution in [-0.2, 0) is 6.61 Å². The normalized spacial score (nSPS) is 10.4. The number of ether oxygens (including phenoxy) is 1. The number of carbonyl (C=O) groups excluding carboxylic acids is 1. The monoisotopic (exact) mass is 345 g/mol. The summed E-state index contributed by atoms with van der Waals surface area (Å²) in [6.07, 6.45) is 0. The number of para-hydroxylation sites is 1. The van der Waals surface area contributed by atoms with Crippen molar-refractivity contribution in [1.82, 2.24) is 0 Å². The Morgan fingerprint density at radius 3 is 2.67 bits per heavy atom. The molecule has 0 spiro atoms. The molecule has 0 unspecified atom stereocenters. The average Bonchev–Trinajstić information content (AvgIpc) is 3.05. The molecule has 1 amide bonds. The Hall–Kier alpha value is -2.79. The number of nitrogens with one attached hydrogen (secondary N) is 1. The Labute approximate surface area is 142 Å². The van der Waals surface area contributed by atoms with Crippen molar-refractivity contribution in [2.24, 2.45) is 0 Å². The molecule has 0 radical (unpaired) electrons. The first kappa shape index (κ1) is 16.1. The van der Waals surface area contributed by atoms with Crippen LogP contribution in [0.15, 0.2) is 65.1 Å². The van der Waals surface area contributed by atoms with Crippen molar-refractivity contribution in [3.8, 4) is 5.75 Å². The predicted molar refractivity (Wildman–Crippen MR) is 88.8 cm³/mol. The molecule has 0 fully saturated rings. The number of benzene rings is 2. The molecule has 1 N–H and O–H groups in total. The van der Waals surface area contributed by atoms with Crippen LogP contribution in [0.25, 0.3) is 0 Å². The van der Waals surface area contributed by atoms with Crippen LogP contribution in [-0.4, -0.2) is 5.91 Å². The number of anilines is 1. The molecule has 0 atom stereocenters. The first-order valence-electron chi connectivity index (χ1n) is 7.15. The van der Waals surface area contributed by atoms with Gasteiger partial charge in [-0.15, -0.1) is 0 Å². The molecule has 0 saturated carbocycles. The van der Waals surface area contributed by atoms with E-state index in [-0.39, 0.29) is 23.1 Å². The van der Waals surface area contributed by atoms with Crippen molar-refractivity contribution >= 4 is 23.2 Å². The number of carbonyl (C=O) groups is 1. The lowest BCUT2D eigenvalue weighted by atomic mass is 10.3. The summed E-state index contributed by atoms with van der Waals surface area (Å²) in [6.45, 7) is 0.187. The second kappa shape index (κ2) is 7.19. The highest BCUT2D eigenvalue weighted by molar-refractivity contribution is 6.30. The molecule has 3 aromatic rings. The van der Waals surface area contributed by atoms with E-state index in [2.05, 4.69) is 5.32 Å². The van der Waals surface area contributed by atoms with Crippen molar-refractivity contribution in [3.63, 3.8) is 0 Å². The second-order valence-electron chi connectivity index (χ2n) is 4.95. The molecule has 0 saturated heterocycles. The minimum absolute atomic E-state index is 0.0304. The van der Waals surface area contributed by atoms with Gasteiger partial charge in [-0.2, -0.15) is 0 Å².